The lowest BCUT2D eigenvalue weighted by Gasteiger charge is -2.30. The van der Waals surface area contributed by atoms with Gasteiger partial charge in [0, 0.05) is 87.8 Å². The summed E-state index contributed by atoms with van der Waals surface area (Å²) >= 11 is 0. The molecule has 0 aliphatic heterocycles. The van der Waals surface area contributed by atoms with E-state index in [1.807, 2.05) is 0 Å². The summed E-state index contributed by atoms with van der Waals surface area (Å²) in [7, 11) is 0. The van der Waals surface area contributed by atoms with E-state index in [1.165, 1.54) is 141 Å². The largest absolute Gasteiger partial charge is 0.345 e. The van der Waals surface area contributed by atoms with Crippen molar-refractivity contribution >= 4 is 0 Å². The highest BCUT2D eigenvalue weighted by molar-refractivity contribution is 5.34. The van der Waals surface area contributed by atoms with E-state index in [9.17, 15) is 0 Å². The van der Waals surface area contributed by atoms with Crippen LogP contribution in [0.3, 0.4) is 0 Å². The molecule has 0 unspecified atom stereocenters. The monoisotopic (exact) mass is 1170 g/mol. The lowest BCUT2D eigenvalue weighted by atomic mass is 9.75. The van der Waals surface area contributed by atoms with Crippen LogP contribution < -0.4 is 0 Å². The molecule has 8 heteroatoms. The number of H-pyrrole nitrogens is 4. The quantitative estimate of drug-likeness (QED) is 0.0587. The summed E-state index contributed by atoms with van der Waals surface area (Å²) in [6.45, 7) is 82.0. The Morgan fingerprint density at radius 2 is 0.464 bits per heavy atom. The second kappa shape index (κ2) is 29.9. The third-order valence-corrected chi connectivity index (χ3v) is 17.9. The third-order valence-electron chi connectivity index (χ3n) is 17.9. The molecule has 0 atom stereocenters. The van der Waals surface area contributed by atoms with Gasteiger partial charge in [-0.25, -0.2) is 19.9 Å². The molecule has 0 amide bonds. The number of hydrogen-bond donors (Lipinski definition) is 4. The van der Waals surface area contributed by atoms with Crippen LogP contribution in [0.5, 0.6) is 0 Å². The number of aromatic nitrogens is 8. The summed E-state index contributed by atoms with van der Waals surface area (Å²) in [6.07, 6.45) is 19.9. The smallest absolute Gasteiger partial charge is 0.112 e. The standard InChI is InChI=1S/C27H52N2.C17H32N2.2C16H30N2/c1-10-13-16-19-25(4,5)22-23(26(6,7)20-17-14-11-2)29-24(28-22)27(8,9)21-18-15-12-3;1-10-11-17(8,9)13-12(15(2,3)4)18-14(19-13)16(5,6)7;2*1-10-16(8,9)12-11(14(2,3)4)17-13(18-12)15(5,6)7/h10-21H2,1-9H3,(H,28,29);10-11H2,1-9H3,(H,18,19);2*10H2,1-9H3,(H,17,18). The van der Waals surface area contributed by atoms with Gasteiger partial charge in [0.15, 0.2) is 0 Å². The minimum absolute atomic E-state index is 0.0700. The number of rotatable bonds is 22. The first-order valence-electron chi connectivity index (χ1n) is 34.2. The molecule has 0 aromatic carbocycles. The fourth-order valence-corrected chi connectivity index (χ4v) is 10.9. The van der Waals surface area contributed by atoms with Crippen molar-refractivity contribution in [2.45, 2.75) is 417 Å². The molecule has 0 saturated carbocycles. The molecule has 488 valence electrons. The normalized spacial score (nSPS) is 13.8. The highest BCUT2D eigenvalue weighted by Crippen LogP contribution is 2.43. The summed E-state index contributed by atoms with van der Waals surface area (Å²) < 4.78 is 0. The van der Waals surface area contributed by atoms with E-state index in [2.05, 4.69) is 269 Å². The molecular weight excluding hydrogens is 1020 g/mol. The molecule has 4 aromatic rings. The van der Waals surface area contributed by atoms with Crippen molar-refractivity contribution in [2.24, 2.45) is 0 Å². The predicted molar refractivity (Wildman–Crippen MR) is 373 cm³/mol. The Morgan fingerprint density at radius 1 is 0.226 bits per heavy atom. The zero-order valence-corrected chi connectivity index (χ0v) is 63.1. The number of imidazole rings is 4. The first-order chi connectivity index (χ1) is 37.7. The minimum atomic E-state index is 0.0700. The Bertz CT molecular complexity index is 2410. The number of aromatic amines is 4. The topological polar surface area (TPSA) is 115 Å². The second-order valence-corrected chi connectivity index (χ2v) is 35.9. The summed E-state index contributed by atoms with van der Waals surface area (Å²) in [4.78, 5) is 34.9. The number of nitrogens with one attached hydrogen (secondary N) is 4. The maximum Gasteiger partial charge on any atom is 0.112 e. The Labute approximate surface area is 523 Å². The fourth-order valence-electron chi connectivity index (χ4n) is 10.9. The predicted octanol–water partition coefficient (Wildman–Crippen LogP) is 23.5. The molecule has 4 aromatic heterocycles. The first kappa shape index (κ1) is 78.9. The highest BCUT2D eigenvalue weighted by Gasteiger charge is 2.39. The summed E-state index contributed by atoms with van der Waals surface area (Å²) in [5.74, 6) is 4.52. The number of hydrogen-bond acceptors (Lipinski definition) is 4. The van der Waals surface area contributed by atoms with Crippen molar-refractivity contribution in [3.05, 3.63) is 68.8 Å². The van der Waals surface area contributed by atoms with Crippen LogP contribution in [0, 0.1) is 0 Å². The van der Waals surface area contributed by atoms with Gasteiger partial charge in [0.05, 0.1) is 22.8 Å². The van der Waals surface area contributed by atoms with Crippen molar-refractivity contribution < 1.29 is 0 Å². The molecule has 0 bridgehead atoms. The van der Waals surface area contributed by atoms with Crippen LogP contribution in [0.25, 0.3) is 0 Å². The van der Waals surface area contributed by atoms with E-state index < -0.39 is 0 Å². The van der Waals surface area contributed by atoms with Crippen LogP contribution >= 0.6 is 0 Å². The van der Waals surface area contributed by atoms with Gasteiger partial charge in [-0.15, -0.1) is 0 Å². The molecule has 0 radical (unpaired) electrons. The van der Waals surface area contributed by atoms with Gasteiger partial charge >= 0.3 is 0 Å². The number of nitrogens with zero attached hydrogens (tertiary/aromatic N) is 4. The first-order valence-corrected chi connectivity index (χ1v) is 34.2. The maximum atomic E-state index is 5.35. The van der Waals surface area contributed by atoms with Gasteiger partial charge in [-0.2, -0.15) is 0 Å². The average molecular weight is 1170 g/mol. The zero-order valence-electron chi connectivity index (χ0n) is 63.1. The van der Waals surface area contributed by atoms with Crippen molar-refractivity contribution in [2.75, 3.05) is 0 Å². The van der Waals surface area contributed by atoms with Gasteiger partial charge in [0.1, 0.15) is 23.3 Å². The van der Waals surface area contributed by atoms with Gasteiger partial charge in [-0.3, -0.25) is 0 Å². The van der Waals surface area contributed by atoms with Gasteiger partial charge in [0.2, 0.25) is 0 Å². The van der Waals surface area contributed by atoms with Crippen molar-refractivity contribution in [3.63, 3.8) is 0 Å². The van der Waals surface area contributed by atoms with Gasteiger partial charge in [0.25, 0.3) is 0 Å². The van der Waals surface area contributed by atoms with Crippen LogP contribution in [-0.2, 0) is 65.0 Å². The van der Waals surface area contributed by atoms with E-state index in [0.717, 1.165) is 30.3 Å². The molecule has 4 N–H and O–H groups in total. The Kier molecular flexibility index (Phi) is 28.1. The van der Waals surface area contributed by atoms with Gasteiger partial charge in [-0.05, 0) is 38.5 Å². The molecule has 4 heterocycles. The maximum absolute atomic E-state index is 5.35. The molecular formula is C76H144N8. The summed E-state index contributed by atoms with van der Waals surface area (Å²) in [5, 5.41) is 0. The van der Waals surface area contributed by atoms with E-state index in [0.29, 0.717) is 0 Å². The van der Waals surface area contributed by atoms with Crippen LogP contribution in [0.2, 0.25) is 0 Å². The summed E-state index contributed by atoms with van der Waals surface area (Å²) in [6, 6.07) is 0. The van der Waals surface area contributed by atoms with Crippen LogP contribution in [0.15, 0.2) is 0 Å². The Morgan fingerprint density at radius 3 is 0.726 bits per heavy atom. The second-order valence-electron chi connectivity index (χ2n) is 35.9. The van der Waals surface area contributed by atoms with Crippen molar-refractivity contribution in [3.8, 4) is 0 Å². The minimum Gasteiger partial charge on any atom is -0.345 e. The number of unbranched alkanes of at least 4 members (excludes halogenated alkanes) is 6. The van der Waals surface area contributed by atoms with E-state index in [-0.39, 0.29) is 65.0 Å². The molecule has 0 fully saturated rings. The molecule has 0 spiro atoms. The molecule has 0 aliphatic carbocycles. The lowest BCUT2D eigenvalue weighted by molar-refractivity contribution is 0.399. The summed E-state index contributed by atoms with van der Waals surface area (Å²) in [5.41, 5.74) is 11.7. The lowest BCUT2D eigenvalue weighted by Crippen LogP contribution is -2.26. The SMILES string of the molecule is CCC(C)(C)c1[nH]c(C(C)(C)C)nc1C(C)(C)C.CCC(C)(C)c1[nH]c(C(C)(C)C)nc1C(C)(C)C.CCCC(C)(C)c1[nH]c(C(C)(C)C)nc1C(C)(C)C.CCCCCC(C)(C)c1nc(C(C)(C)CCCCC)c(C(C)(C)CCCCC)[nH]1. The fraction of sp³-hybridized carbons (Fsp3) is 0.842. The molecule has 4 rings (SSSR count). The average Bonchev–Trinajstić information content (AvgIpc) is 4.40. The van der Waals surface area contributed by atoms with Crippen LogP contribution in [0.4, 0.5) is 0 Å². The van der Waals surface area contributed by atoms with E-state index >= 15 is 0 Å². The van der Waals surface area contributed by atoms with Crippen LogP contribution in [-0.4, -0.2) is 39.9 Å². The van der Waals surface area contributed by atoms with Crippen molar-refractivity contribution in [1.29, 1.82) is 0 Å². The van der Waals surface area contributed by atoms with E-state index in [4.69, 9.17) is 19.9 Å². The van der Waals surface area contributed by atoms with Gasteiger partial charge in [-0.1, -0.05) is 313 Å². The van der Waals surface area contributed by atoms with Crippen LogP contribution in [0.1, 0.15) is 421 Å². The molecule has 8 nitrogen and oxygen atoms in total. The zero-order chi connectivity index (χ0) is 65.9. The Hall–Kier alpha value is -3.16. The third kappa shape index (κ3) is 22.8. The Balaban J connectivity index is 0.000000573. The highest BCUT2D eigenvalue weighted by atomic mass is 15.0. The van der Waals surface area contributed by atoms with Crippen molar-refractivity contribution in [1.82, 2.24) is 39.9 Å². The molecule has 0 saturated heterocycles. The molecule has 84 heavy (non-hydrogen) atoms. The van der Waals surface area contributed by atoms with Gasteiger partial charge < -0.3 is 19.9 Å². The molecule has 0 aliphatic rings. The van der Waals surface area contributed by atoms with E-state index in [1.54, 1.807) is 0 Å².